The molecule has 0 aromatic rings. The molecule has 0 unspecified atom stereocenters. The van der Waals surface area contributed by atoms with Gasteiger partial charge in [-0.05, 0) is 32.8 Å². The van der Waals surface area contributed by atoms with Gasteiger partial charge in [0.05, 0.1) is 5.92 Å². The van der Waals surface area contributed by atoms with Gasteiger partial charge >= 0.3 is 0 Å². The molecule has 0 spiro atoms. The Morgan fingerprint density at radius 2 is 2.07 bits per heavy atom. The summed E-state index contributed by atoms with van der Waals surface area (Å²) in [6, 6.07) is 0. The molecule has 0 aliphatic carbocycles. The Hall–Kier alpha value is -1.05. The zero-order valence-electron chi connectivity index (χ0n) is 10.3. The molecule has 0 aromatic heterocycles. The molecule has 84 valence electrons. The molecule has 0 saturated carbocycles. The molecule has 0 fully saturated rings. The molecule has 2 heteroatoms. The minimum absolute atomic E-state index is 0.0172. The highest BCUT2D eigenvalue weighted by molar-refractivity contribution is 5.98. The van der Waals surface area contributed by atoms with E-state index in [2.05, 4.69) is 13.0 Å². The molecular formula is C13H20O2. The number of hydrogen-bond acceptors (Lipinski definition) is 2. The second kappa shape index (κ2) is 4.65. The van der Waals surface area contributed by atoms with Gasteiger partial charge in [0.25, 0.3) is 0 Å². The predicted octanol–water partition coefficient (Wildman–Crippen LogP) is 3.24. The van der Waals surface area contributed by atoms with Crippen LogP contribution in [0.25, 0.3) is 0 Å². The molecule has 0 N–H and O–H groups in total. The van der Waals surface area contributed by atoms with Crippen molar-refractivity contribution in [2.45, 2.75) is 47.1 Å². The van der Waals surface area contributed by atoms with Crippen molar-refractivity contribution >= 4 is 5.78 Å². The van der Waals surface area contributed by atoms with E-state index >= 15 is 0 Å². The average molecular weight is 208 g/mol. The third-order valence-electron chi connectivity index (χ3n) is 3.00. The average Bonchev–Trinajstić information content (AvgIpc) is 2.20. The maximum Gasteiger partial charge on any atom is 0.168 e. The summed E-state index contributed by atoms with van der Waals surface area (Å²) < 4.78 is 5.79. The Morgan fingerprint density at radius 3 is 2.60 bits per heavy atom. The molecular weight excluding hydrogens is 188 g/mol. The monoisotopic (exact) mass is 208 g/mol. The van der Waals surface area contributed by atoms with E-state index in [1.54, 1.807) is 0 Å². The standard InChI is InChI=1S/C13H20O2/c1-6-7-8(2)13-10(4)12(14)9(3)11(5)15-13/h7,9,11H,6H2,1-5H3/b8-7+/t9-,11+/m1/s1. The van der Waals surface area contributed by atoms with Gasteiger partial charge in [0.1, 0.15) is 11.9 Å². The van der Waals surface area contributed by atoms with E-state index in [-0.39, 0.29) is 17.8 Å². The summed E-state index contributed by atoms with van der Waals surface area (Å²) in [7, 11) is 0. The summed E-state index contributed by atoms with van der Waals surface area (Å²) in [5.41, 5.74) is 1.84. The summed E-state index contributed by atoms with van der Waals surface area (Å²) in [5.74, 6) is 0.975. The Bertz CT molecular complexity index is 323. The van der Waals surface area contributed by atoms with Crippen molar-refractivity contribution in [3.05, 3.63) is 23.0 Å². The minimum Gasteiger partial charge on any atom is -0.489 e. The highest BCUT2D eigenvalue weighted by Gasteiger charge is 2.31. The van der Waals surface area contributed by atoms with Crippen LogP contribution in [-0.4, -0.2) is 11.9 Å². The van der Waals surface area contributed by atoms with Crippen LogP contribution >= 0.6 is 0 Å². The quantitative estimate of drug-likeness (QED) is 0.696. The van der Waals surface area contributed by atoms with Crippen molar-refractivity contribution in [2.24, 2.45) is 5.92 Å². The van der Waals surface area contributed by atoms with Gasteiger partial charge in [0, 0.05) is 5.57 Å². The number of Topliss-reactive ketones (excluding diaryl/α,β-unsaturated/α-hetero) is 1. The first-order chi connectivity index (χ1) is 6.99. The smallest absolute Gasteiger partial charge is 0.168 e. The lowest BCUT2D eigenvalue weighted by molar-refractivity contribution is -0.124. The molecule has 0 amide bonds. The normalized spacial score (nSPS) is 28.1. The summed E-state index contributed by atoms with van der Waals surface area (Å²) >= 11 is 0. The van der Waals surface area contributed by atoms with Gasteiger partial charge in [-0.3, -0.25) is 4.79 Å². The van der Waals surface area contributed by atoms with Crippen molar-refractivity contribution in [1.29, 1.82) is 0 Å². The number of allylic oxidation sites excluding steroid dienone is 3. The van der Waals surface area contributed by atoms with Crippen molar-refractivity contribution < 1.29 is 9.53 Å². The van der Waals surface area contributed by atoms with Crippen LogP contribution in [-0.2, 0) is 9.53 Å². The minimum atomic E-state index is -0.0248. The SMILES string of the molecule is CC/C=C(\C)C1=C(C)C(=O)[C@H](C)[C@H](C)O1. The van der Waals surface area contributed by atoms with Crippen LogP contribution in [0, 0.1) is 5.92 Å². The van der Waals surface area contributed by atoms with Crippen LogP contribution in [0.3, 0.4) is 0 Å². The highest BCUT2D eigenvalue weighted by Crippen LogP contribution is 2.29. The second-order valence-electron chi connectivity index (χ2n) is 4.23. The first kappa shape index (κ1) is 12.0. The molecule has 1 rings (SSSR count). The molecule has 0 saturated heterocycles. The third-order valence-corrected chi connectivity index (χ3v) is 3.00. The van der Waals surface area contributed by atoms with E-state index in [9.17, 15) is 4.79 Å². The number of ketones is 1. The van der Waals surface area contributed by atoms with Gasteiger partial charge in [0.2, 0.25) is 0 Å². The largest absolute Gasteiger partial charge is 0.489 e. The van der Waals surface area contributed by atoms with Crippen LogP contribution in [0.1, 0.15) is 41.0 Å². The number of hydrogen-bond donors (Lipinski definition) is 0. The molecule has 0 bridgehead atoms. The number of carbonyl (C=O) groups is 1. The summed E-state index contributed by atoms with van der Waals surface area (Å²) in [5, 5.41) is 0. The maximum atomic E-state index is 11.9. The zero-order chi connectivity index (χ0) is 11.6. The van der Waals surface area contributed by atoms with E-state index in [1.165, 1.54) is 0 Å². The lowest BCUT2D eigenvalue weighted by Crippen LogP contribution is -2.32. The van der Waals surface area contributed by atoms with Crippen LogP contribution < -0.4 is 0 Å². The second-order valence-corrected chi connectivity index (χ2v) is 4.23. The van der Waals surface area contributed by atoms with Gasteiger partial charge < -0.3 is 4.74 Å². The summed E-state index contributed by atoms with van der Waals surface area (Å²) in [6.07, 6.45) is 3.04. The first-order valence-corrected chi connectivity index (χ1v) is 5.57. The molecule has 1 heterocycles. The fourth-order valence-corrected chi connectivity index (χ4v) is 1.83. The summed E-state index contributed by atoms with van der Waals surface area (Å²) in [4.78, 5) is 11.9. The van der Waals surface area contributed by atoms with E-state index in [0.717, 1.165) is 23.3 Å². The van der Waals surface area contributed by atoms with Gasteiger partial charge in [-0.15, -0.1) is 0 Å². The first-order valence-electron chi connectivity index (χ1n) is 5.57. The van der Waals surface area contributed by atoms with E-state index in [4.69, 9.17) is 4.74 Å². The fraction of sp³-hybridized carbons (Fsp3) is 0.615. The maximum absolute atomic E-state index is 11.9. The van der Waals surface area contributed by atoms with Gasteiger partial charge in [0.15, 0.2) is 5.78 Å². The molecule has 1 aliphatic rings. The Morgan fingerprint density at radius 1 is 1.47 bits per heavy atom. The van der Waals surface area contributed by atoms with E-state index in [1.807, 2.05) is 27.7 Å². The predicted molar refractivity (Wildman–Crippen MR) is 61.5 cm³/mol. The molecule has 0 aromatic carbocycles. The number of carbonyl (C=O) groups excluding carboxylic acids is 1. The molecule has 1 aliphatic heterocycles. The van der Waals surface area contributed by atoms with Crippen LogP contribution in [0.4, 0.5) is 0 Å². The van der Waals surface area contributed by atoms with E-state index < -0.39 is 0 Å². The van der Waals surface area contributed by atoms with E-state index in [0.29, 0.717) is 0 Å². The van der Waals surface area contributed by atoms with Crippen LogP contribution in [0.5, 0.6) is 0 Å². The molecule has 0 radical (unpaired) electrons. The fourth-order valence-electron chi connectivity index (χ4n) is 1.83. The zero-order valence-corrected chi connectivity index (χ0v) is 10.3. The van der Waals surface area contributed by atoms with Crippen LogP contribution in [0.15, 0.2) is 23.0 Å². The van der Waals surface area contributed by atoms with Gasteiger partial charge in [-0.2, -0.15) is 0 Å². The molecule has 2 nitrogen and oxygen atoms in total. The van der Waals surface area contributed by atoms with Crippen molar-refractivity contribution in [3.63, 3.8) is 0 Å². The van der Waals surface area contributed by atoms with Gasteiger partial charge in [-0.1, -0.05) is 19.9 Å². The van der Waals surface area contributed by atoms with Crippen molar-refractivity contribution in [1.82, 2.24) is 0 Å². The molecule has 2 atom stereocenters. The Labute approximate surface area is 92.0 Å². The lowest BCUT2D eigenvalue weighted by atomic mass is 9.90. The number of rotatable bonds is 2. The Balaban J connectivity index is 3.07. The third kappa shape index (κ3) is 2.31. The molecule has 15 heavy (non-hydrogen) atoms. The summed E-state index contributed by atoms with van der Waals surface area (Å²) in [6.45, 7) is 9.81. The van der Waals surface area contributed by atoms with Crippen molar-refractivity contribution in [2.75, 3.05) is 0 Å². The highest BCUT2D eigenvalue weighted by atomic mass is 16.5. The number of ether oxygens (including phenoxy) is 1. The van der Waals surface area contributed by atoms with Crippen LogP contribution in [0.2, 0.25) is 0 Å². The topological polar surface area (TPSA) is 26.3 Å². The Kier molecular flexibility index (Phi) is 3.72. The van der Waals surface area contributed by atoms with Gasteiger partial charge in [-0.25, -0.2) is 0 Å². The van der Waals surface area contributed by atoms with Crippen molar-refractivity contribution in [3.8, 4) is 0 Å². The lowest BCUT2D eigenvalue weighted by Gasteiger charge is -2.29.